The first-order chi connectivity index (χ1) is 3.62. The van der Waals surface area contributed by atoms with Gasteiger partial charge < -0.3 is 5.11 Å². The molecule has 0 aromatic rings. The van der Waals surface area contributed by atoms with E-state index in [1.54, 1.807) is 6.07 Å². The maximum atomic E-state index is 8.89. The lowest BCUT2D eigenvalue weighted by Crippen LogP contribution is -2.19. The molecule has 0 aliphatic rings. The Labute approximate surface area is 49.1 Å². The van der Waals surface area contributed by atoms with Gasteiger partial charge in [-0.15, -0.1) is 6.58 Å². The molecule has 0 amide bonds. The van der Waals surface area contributed by atoms with Crippen molar-refractivity contribution < 1.29 is 5.11 Å². The Morgan fingerprint density at radius 2 is 2.50 bits per heavy atom. The van der Waals surface area contributed by atoms with Gasteiger partial charge in [0.15, 0.2) is 5.60 Å². The average molecular weight is 111 g/mol. The van der Waals surface area contributed by atoms with Gasteiger partial charge in [0.25, 0.3) is 0 Å². The lowest BCUT2D eigenvalue weighted by atomic mass is 10.1. The van der Waals surface area contributed by atoms with Crippen molar-refractivity contribution >= 4 is 0 Å². The third-order valence-corrected chi connectivity index (χ3v) is 0.783. The van der Waals surface area contributed by atoms with E-state index in [0.717, 1.165) is 0 Å². The predicted octanol–water partition coefficient (Wildman–Crippen LogP) is 0.837. The summed E-state index contributed by atoms with van der Waals surface area (Å²) in [7, 11) is 0. The quantitative estimate of drug-likeness (QED) is 0.424. The van der Waals surface area contributed by atoms with E-state index in [2.05, 4.69) is 6.58 Å². The zero-order chi connectivity index (χ0) is 6.62. The van der Waals surface area contributed by atoms with Crippen LogP contribution in [0.5, 0.6) is 0 Å². The van der Waals surface area contributed by atoms with Gasteiger partial charge in [0, 0.05) is 6.42 Å². The minimum Gasteiger partial charge on any atom is -0.375 e. The predicted molar refractivity (Wildman–Crippen MR) is 31.1 cm³/mol. The fourth-order valence-electron chi connectivity index (χ4n) is 0.327. The summed E-state index contributed by atoms with van der Waals surface area (Å²) in [4.78, 5) is 0. The SMILES string of the molecule is C=CC[C@@](C)(O)C#N. The number of hydrogen-bond donors (Lipinski definition) is 1. The summed E-state index contributed by atoms with van der Waals surface area (Å²) in [5, 5.41) is 17.1. The topological polar surface area (TPSA) is 44.0 Å². The molecule has 2 heteroatoms. The van der Waals surface area contributed by atoms with E-state index in [0.29, 0.717) is 6.42 Å². The molecular weight excluding hydrogens is 102 g/mol. The highest BCUT2D eigenvalue weighted by Gasteiger charge is 2.15. The van der Waals surface area contributed by atoms with E-state index >= 15 is 0 Å². The van der Waals surface area contributed by atoms with Gasteiger partial charge in [-0.2, -0.15) is 5.26 Å². The van der Waals surface area contributed by atoms with Crippen LogP contribution >= 0.6 is 0 Å². The first-order valence-electron chi connectivity index (χ1n) is 2.37. The normalized spacial score (nSPS) is 16.1. The maximum absolute atomic E-state index is 8.89. The highest BCUT2D eigenvalue weighted by Crippen LogP contribution is 2.05. The Balaban J connectivity index is 3.76. The number of rotatable bonds is 2. The standard InChI is InChI=1S/C6H9NO/c1-3-4-6(2,8)5-7/h3,8H,1,4H2,2H3/t6-/m1/s1. The van der Waals surface area contributed by atoms with Crippen LogP contribution in [0.25, 0.3) is 0 Å². The summed E-state index contributed by atoms with van der Waals surface area (Å²) in [5.74, 6) is 0. The lowest BCUT2D eigenvalue weighted by Gasteiger charge is -2.08. The molecule has 0 spiro atoms. The van der Waals surface area contributed by atoms with Gasteiger partial charge in [0.2, 0.25) is 0 Å². The molecule has 0 fully saturated rings. The summed E-state index contributed by atoms with van der Waals surface area (Å²) < 4.78 is 0. The Hall–Kier alpha value is -0.810. The van der Waals surface area contributed by atoms with Crippen molar-refractivity contribution in [3.8, 4) is 6.07 Å². The summed E-state index contributed by atoms with van der Waals surface area (Å²) in [6.45, 7) is 4.84. The van der Waals surface area contributed by atoms with Crippen molar-refractivity contribution in [1.82, 2.24) is 0 Å². The summed E-state index contributed by atoms with van der Waals surface area (Å²) in [6, 6.07) is 1.73. The van der Waals surface area contributed by atoms with Crippen LogP contribution in [0, 0.1) is 11.3 Å². The maximum Gasteiger partial charge on any atom is 0.151 e. The molecule has 0 heterocycles. The van der Waals surface area contributed by atoms with Crippen LogP contribution in [-0.2, 0) is 0 Å². The van der Waals surface area contributed by atoms with Crippen LogP contribution in [0.3, 0.4) is 0 Å². The van der Waals surface area contributed by atoms with E-state index in [1.807, 2.05) is 0 Å². The Bertz CT molecular complexity index is 121. The lowest BCUT2D eigenvalue weighted by molar-refractivity contribution is 0.123. The molecule has 0 unspecified atom stereocenters. The minimum atomic E-state index is -1.22. The van der Waals surface area contributed by atoms with Crippen LogP contribution in [-0.4, -0.2) is 10.7 Å². The zero-order valence-corrected chi connectivity index (χ0v) is 4.89. The fraction of sp³-hybridized carbons (Fsp3) is 0.500. The van der Waals surface area contributed by atoms with E-state index in [-0.39, 0.29) is 0 Å². The van der Waals surface area contributed by atoms with Gasteiger partial charge in [-0.1, -0.05) is 6.08 Å². The average Bonchev–Trinajstić information content (AvgIpc) is 1.67. The highest BCUT2D eigenvalue weighted by molar-refractivity contribution is 4.99. The second-order valence-corrected chi connectivity index (χ2v) is 1.88. The molecule has 44 valence electrons. The summed E-state index contributed by atoms with van der Waals surface area (Å²) in [5.41, 5.74) is -1.22. The Kier molecular flexibility index (Phi) is 2.23. The van der Waals surface area contributed by atoms with E-state index in [1.165, 1.54) is 13.0 Å². The van der Waals surface area contributed by atoms with Gasteiger partial charge in [-0.3, -0.25) is 0 Å². The molecule has 0 aliphatic carbocycles. The van der Waals surface area contributed by atoms with Crippen molar-refractivity contribution in [3.05, 3.63) is 12.7 Å². The zero-order valence-electron chi connectivity index (χ0n) is 4.89. The van der Waals surface area contributed by atoms with Crippen LogP contribution in [0.4, 0.5) is 0 Å². The molecule has 0 rings (SSSR count). The number of nitriles is 1. The second kappa shape index (κ2) is 2.49. The molecule has 2 nitrogen and oxygen atoms in total. The molecule has 1 atom stereocenters. The summed E-state index contributed by atoms with van der Waals surface area (Å²) in [6.07, 6.45) is 1.84. The molecule has 0 aromatic heterocycles. The molecule has 0 bridgehead atoms. The molecule has 1 N–H and O–H groups in total. The third-order valence-electron chi connectivity index (χ3n) is 0.783. The van der Waals surface area contributed by atoms with Crippen LogP contribution in [0.2, 0.25) is 0 Å². The molecular formula is C6H9NO. The van der Waals surface area contributed by atoms with Crippen molar-refractivity contribution in [2.45, 2.75) is 18.9 Å². The van der Waals surface area contributed by atoms with E-state index in [4.69, 9.17) is 10.4 Å². The fourth-order valence-corrected chi connectivity index (χ4v) is 0.327. The largest absolute Gasteiger partial charge is 0.375 e. The molecule has 0 aliphatic heterocycles. The van der Waals surface area contributed by atoms with Gasteiger partial charge in [0.05, 0.1) is 6.07 Å². The van der Waals surface area contributed by atoms with Crippen molar-refractivity contribution in [1.29, 1.82) is 5.26 Å². The van der Waals surface area contributed by atoms with Crippen molar-refractivity contribution in [2.24, 2.45) is 0 Å². The molecule has 0 saturated heterocycles. The second-order valence-electron chi connectivity index (χ2n) is 1.88. The van der Waals surface area contributed by atoms with Crippen molar-refractivity contribution in [3.63, 3.8) is 0 Å². The van der Waals surface area contributed by atoms with E-state index in [9.17, 15) is 0 Å². The van der Waals surface area contributed by atoms with Gasteiger partial charge in [-0.25, -0.2) is 0 Å². The van der Waals surface area contributed by atoms with Gasteiger partial charge in [-0.05, 0) is 6.92 Å². The van der Waals surface area contributed by atoms with Crippen LogP contribution in [0.15, 0.2) is 12.7 Å². The smallest absolute Gasteiger partial charge is 0.151 e. The number of aliphatic hydroxyl groups is 1. The molecule has 0 saturated carbocycles. The summed E-state index contributed by atoms with van der Waals surface area (Å²) >= 11 is 0. The first kappa shape index (κ1) is 7.19. The van der Waals surface area contributed by atoms with E-state index < -0.39 is 5.60 Å². The van der Waals surface area contributed by atoms with Gasteiger partial charge in [0.1, 0.15) is 0 Å². The Morgan fingerprint density at radius 3 is 2.62 bits per heavy atom. The monoisotopic (exact) mass is 111 g/mol. The molecule has 0 radical (unpaired) electrons. The molecule has 8 heavy (non-hydrogen) atoms. The first-order valence-corrected chi connectivity index (χ1v) is 2.37. The van der Waals surface area contributed by atoms with Crippen LogP contribution in [0.1, 0.15) is 13.3 Å². The highest BCUT2D eigenvalue weighted by atomic mass is 16.3. The number of nitrogens with zero attached hydrogens (tertiary/aromatic N) is 1. The molecule has 0 aromatic carbocycles. The third kappa shape index (κ3) is 2.38. The van der Waals surface area contributed by atoms with Crippen molar-refractivity contribution in [2.75, 3.05) is 0 Å². The number of hydrogen-bond acceptors (Lipinski definition) is 2. The van der Waals surface area contributed by atoms with Crippen LogP contribution < -0.4 is 0 Å². The minimum absolute atomic E-state index is 0.323. The van der Waals surface area contributed by atoms with Gasteiger partial charge >= 0.3 is 0 Å². The Morgan fingerprint density at radius 1 is 2.00 bits per heavy atom.